The average Bonchev–Trinajstić information content (AvgIpc) is 2.60. The molecular weight excluding hydrogens is 224 g/mol. The lowest BCUT2D eigenvalue weighted by Gasteiger charge is -2.20. The van der Waals surface area contributed by atoms with E-state index in [0.29, 0.717) is 5.54 Å². The summed E-state index contributed by atoms with van der Waals surface area (Å²) >= 11 is 0. The first-order valence-electron chi connectivity index (χ1n) is 6.02. The van der Waals surface area contributed by atoms with Crippen molar-refractivity contribution in [2.45, 2.75) is 37.6 Å². The van der Waals surface area contributed by atoms with Crippen molar-refractivity contribution >= 4 is 15.6 Å². The number of urea groups is 1. The highest BCUT2D eigenvalue weighted by Gasteiger charge is 2.21. The molecule has 1 unspecified atom stereocenters. The van der Waals surface area contributed by atoms with Crippen molar-refractivity contribution in [2.24, 2.45) is 0 Å². The second-order valence-corrected chi connectivity index (χ2v) is 6.74. The Bertz CT molecular complexity index is 226. The predicted octanol–water partition coefficient (Wildman–Crippen LogP) is -0.573. The molecule has 1 aliphatic rings. The standard InChI is InChI=1S/C10H22N2O3Si/c1-2-3-8(16-10(14)15)4-6-12-7-5-11-9(12)13/h8,10,14-15H,2-7,16H2,1H3,(H,11,13). The molecule has 0 aromatic rings. The molecule has 6 heteroatoms. The van der Waals surface area contributed by atoms with Gasteiger partial charge in [-0.25, -0.2) is 4.79 Å². The van der Waals surface area contributed by atoms with Crippen LogP contribution in [0, 0.1) is 0 Å². The summed E-state index contributed by atoms with van der Waals surface area (Å²) in [4.78, 5) is 13.1. The van der Waals surface area contributed by atoms with Crippen molar-refractivity contribution in [3.63, 3.8) is 0 Å². The maximum absolute atomic E-state index is 11.3. The number of aliphatic hydroxyl groups excluding tert-OH is 1. The minimum Gasteiger partial charge on any atom is -0.373 e. The molecular formula is C10H22N2O3Si. The summed E-state index contributed by atoms with van der Waals surface area (Å²) < 4.78 is 0. The minimum absolute atomic E-state index is 0.0152. The third kappa shape index (κ3) is 4.50. The zero-order valence-corrected chi connectivity index (χ0v) is 11.3. The van der Waals surface area contributed by atoms with Crippen LogP contribution < -0.4 is 5.32 Å². The van der Waals surface area contributed by atoms with Gasteiger partial charge >= 0.3 is 6.03 Å². The Morgan fingerprint density at radius 1 is 1.50 bits per heavy atom. The van der Waals surface area contributed by atoms with E-state index in [-0.39, 0.29) is 6.03 Å². The van der Waals surface area contributed by atoms with Gasteiger partial charge in [0, 0.05) is 19.6 Å². The molecule has 0 radical (unpaired) electrons. The number of rotatable bonds is 7. The van der Waals surface area contributed by atoms with Gasteiger partial charge in [-0.15, -0.1) is 0 Å². The molecule has 1 aliphatic heterocycles. The zero-order chi connectivity index (χ0) is 12.0. The van der Waals surface area contributed by atoms with Crippen LogP contribution >= 0.6 is 0 Å². The van der Waals surface area contributed by atoms with Gasteiger partial charge in [0.05, 0.1) is 9.52 Å². The highest BCUT2D eigenvalue weighted by Crippen LogP contribution is 2.18. The number of hydrogen-bond acceptors (Lipinski definition) is 3. The van der Waals surface area contributed by atoms with E-state index >= 15 is 0 Å². The highest BCUT2D eigenvalue weighted by atomic mass is 28.2. The smallest absolute Gasteiger partial charge is 0.317 e. The molecule has 1 rings (SSSR count). The number of amides is 2. The van der Waals surface area contributed by atoms with E-state index in [9.17, 15) is 4.79 Å². The van der Waals surface area contributed by atoms with Crippen LogP contribution in [0.5, 0.6) is 0 Å². The van der Waals surface area contributed by atoms with Crippen LogP contribution in [0.1, 0.15) is 26.2 Å². The molecule has 0 saturated carbocycles. The Balaban J connectivity index is 2.28. The molecule has 0 aromatic carbocycles. The second-order valence-electron chi connectivity index (χ2n) is 4.38. The van der Waals surface area contributed by atoms with Crippen LogP contribution in [-0.2, 0) is 0 Å². The van der Waals surface area contributed by atoms with E-state index in [4.69, 9.17) is 10.2 Å². The number of nitrogens with one attached hydrogen (secondary N) is 1. The Morgan fingerprint density at radius 2 is 2.25 bits per heavy atom. The first kappa shape index (κ1) is 13.5. The van der Waals surface area contributed by atoms with E-state index in [1.165, 1.54) is 0 Å². The van der Waals surface area contributed by atoms with E-state index in [1.807, 2.05) is 0 Å². The van der Waals surface area contributed by atoms with Crippen molar-refractivity contribution in [1.29, 1.82) is 0 Å². The predicted molar refractivity (Wildman–Crippen MR) is 65.0 cm³/mol. The van der Waals surface area contributed by atoms with Gasteiger partial charge in [0.15, 0.2) is 0 Å². The van der Waals surface area contributed by atoms with E-state index in [1.54, 1.807) is 4.90 Å². The lowest BCUT2D eigenvalue weighted by atomic mass is 10.2. The number of carbonyl (C=O) groups excluding carboxylic acids is 1. The first-order chi connectivity index (χ1) is 7.63. The molecule has 0 aliphatic carbocycles. The Labute approximate surface area is 98.7 Å². The Kier molecular flexibility index (Phi) is 5.79. The third-order valence-corrected chi connectivity index (χ3v) is 4.90. The second kappa shape index (κ2) is 6.88. The van der Waals surface area contributed by atoms with Crippen LogP contribution in [0.2, 0.25) is 5.54 Å². The molecule has 2 amide bonds. The maximum Gasteiger partial charge on any atom is 0.317 e. The summed E-state index contributed by atoms with van der Waals surface area (Å²) in [5.74, 6) is -1.09. The molecule has 16 heavy (non-hydrogen) atoms. The van der Waals surface area contributed by atoms with Gasteiger partial charge in [-0.05, 0) is 12.0 Å². The fourth-order valence-corrected chi connectivity index (χ4v) is 3.81. The number of hydrogen-bond donors (Lipinski definition) is 3. The van der Waals surface area contributed by atoms with Crippen molar-refractivity contribution in [2.75, 3.05) is 19.6 Å². The van der Waals surface area contributed by atoms with Crippen LogP contribution in [-0.4, -0.2) is 56.2 Å². The van der Waals surface area contributed by atoms with Crippen molar-refractivity contribution in [1.82, 2.24) is 10.2 Å². The fraction of sp³-hybridized carbons (Fsp3) is 0.900. The maximum atomic E-state index is 11.3. The molecule has 3 N–H and O–H groups in total. The molecule has 0 aromatic heterocycles. The molecule has 0 bridgehead atoms. The molecule has 94 valence electrons. The number of nitrogens with zero attached hydrogens (tertiary/aromatic N) is 1. The Morgan fingerprint density at radius 3 is 2.75 bits per heavy atom. The zero-order valence-electron chi connectivity index (χ0n) is 9.85. The average molecular weight is 246 g/mol. The number of aliphatic hydroxyl groups is 2. The van der Waals surface area contributed by atoms with E-state index < -0.39 is 15.4 Å². The van der Waals surface area contributed by atoms with Gasteiger partial charge in [0.25, 0.3) is 0 Å². The molecule has 1 atom stereocenters. The van der Waals surface area contributed by atoms with E-state index in [0.717, 1.165) is 38.9 Å². The first-order valence-corrected chi connectivity index (χ1v) is 7.65. The quantitative estimate of drug-likeness (QED) is 0.416. The summed E-state index contributed by atoms with van der Waals surface area (Å²) in [5, 5.41) is 20.8. The topological polar surface area (TPSA) is 72.8 Å². The van der Waals surface area contributed by atoms with Crippen LogP contribution in [0.3, 0.4) is 0 Å². The summed E-state index contributed by atoms with van der Waals surface area (Å²) in [6.45, 7) is 4.36. The van der Waals surface area contributed by atoms with E-state index in [2.05, 4.69) is 12.2 Å². The molecule has 1 saturated heterocycles. The molecule has 1 fully saturated rings. The summed E-state index contributed by atoms with van der Waals surface area (Å²) in [5.41, 5.74) is 0.429. The summed E-state index contributed by atoms with van der Waals surface area (Å²) in [6.07, 6.45) is 3.01. The van der Waals surface area contributed by atoms with Gasteiger partial charge in [0.2, 0.25) is 0 Å². The van der Waals surface area contributed by atoms with Gasteiger partial charge in [-0.3, -0.25) is 0 Å². The largest absolute Gasteiger partial charge is 0.373 e. The van der Waals surface area contributed by atoms with Gasteiger partial charge in [-0.2, -0.15) is 0 Å². The SMILES string of the molecule is CCCC(CCN1CCNC1=O)[SiH2]C(O)O. The lowest BCUT2D eigenvalue weighted by molar-refractivity contribution is 0.0276. The lowest BCUT2D eigenvalue weighted by Crippen LogP contribution is -2.31. The van der Waals surface area contributed by atoms with Crippen molar-refractivity contribution in [3.05, 3.63) is 0 Å². The van der Waals surface area contributed by atoms with Crippen molar-refractivity contribution < 1.29 is 15.0 Å². The molecule has 1 heterocycles. The fourth-order valence-electron chi connectivity index (χ4n) is 2.15. The van der Waals surface area contributed by atoms with Gasteiger partial charge < -0.3 is 20.4 Å². The van der Waals surface area contributed by atoms with Crippen LogP contribution in [0.25, 0.3) is 0 Å². The van der Waals surface area contributed by atoms with Gasteiger partial charge in [0.1, 0.15) is 5.91 Å². The van der Waals surface area contributed by atoms with Gasteiger partial charge in [-0.1, -0.05) is 19.8 Å². The third-order valence-electron chi connectivity index (χ3n) is 2.99. The highest BCUT2D eigenvalue weighted by molar-refractivity contribution is 6.38. The summed E-state index contributed by atoms with van der Waals surface area (Å²) in [6, 6.07) is 0.0152. The number of carbonyl (C=O) groups is 1. The molecule has 0 spiro atoms. The normalized spacial score (nSPS) is 18.8. The van der Waals surface area contributed by atoms with Crippen LogP contribution in [0.4, 0.5) is 4.79 Å². The van der Waals surface area contributed by atoms with Crippen LogP contribution in [0.15, 0.2) is 0 Å². The molecule has 5 nitrogen and oxygen atoms in total. The monoisotopic (exact) mass is 246 g/mol. The van der Waals surface area contributed by atoms with Crippen molar-refractivity contribution in [3.8, 4) is 0 Å². The minimum atomic E-state index is -1.09. The Hall–Kier alpha value is -0.593. The summed E-state index contributed by atoms with van der Waals surface area (Å²) in [7, 11) is -0.853.